The molecular formula is C9H8N2O4. The molecule has 0 bridgehead atoms. The van der Waals surface area contributed by atoms with Crippen LogP contribution in [0.15, 0.2) is 15.8 Å². The minimum absolute atomic E-state index is 0.0751. The van der Waals surface area contributed by atoms with Crippen molar-refractivity contribution in [3.63, 3.8) is 0 Å². The third kappa shape index (κ3) is 3.52. The number of aromatic nitrogens is 2. The zero-order valence-corrected chi connectivity index (χ0v) is 7.66. The smallest absolute Gasteiger partial charge is 0.325 e. The first kappa shape index (κ1) is 10.8. The lowest BCUT2D eigenvalue weighted by molar-refractivity contribution is -0.136. The van der Waals surface area contributed by atoms with Gasteiger partial charge in [0.25, 0.3) is 5.56 Å². The second-order valence-corrected chi connectivity index (χ2v) is 2.68. The van der Waals surface area contributed by atoms with Gasteiger partial charge in [-0.2, -0.15) is 0 Å². The second kappa shape index (κ2) is 4.81. The van der Waals surface area contributed by atoms with Gasteiger partial charge in [-0.25, -0.2) is 4.79 Å². The average Bonchev–Trinajstić information content (AvgIpc) is 2.14. The van der Waals surface area contributed by atoms with Crippen molar-refractivity contribution in [2.24, 2.45) is 0 Å². The molecule has 0 atom stereocenters. The molecule has 0 saturated heterocycles. The molecule has 0 spiro atoms. The van der Waals surface area contributed by atoms with Gasteiger partial charge in [0.1, 0.15) is 5.56 Å². The lowest BCUT2D eigenvalue weighted by Crippen LogP contribution is -2.23. The number of hydrogen-bond donors (Lipinski definition) is 3. The zero-order valence-electron chi connectivity index (χ0n) is 7.66. The fraction of sp³-hybridized carbons (Fsp3) is 0.222. The number of carboxylic acids is 1. The second-order valence-electron chi connectivity index (χ2n) is 2.68. The van der Waals surface area contributed by atoms with Crippen LogP contribution in [0.25, 0.3) is 0 Å². The molecule has 6 nitrogen and oxygen atoms in total. The molecule has 3 N–H and O–H groups in total. The summed E-state index contributed by atoms with van der Waals surface area (Å²) >= 11 is 0. The molecule has 0 amide bonds. The minimum Gasteiger partial charge on any atom is -0.481 e. The van der Waals surface area contributed by atoms with Gasteiger partial charge in [0, 0.05) is 12.6 Å². The van der Waals surface area contributed by atoms with Crippen LogP contribution in [-0.4, -0.2) is 21.0 Å². The summed E-state index contributed by atoms with van der Waals surface area (Å²) in [5.41, 5.74) is -1.07. The Morgan fingerprint density at radius 3 is 2.80 bits per heavy atom. The Hall–Kier alpha value is -2.29. The molecule has 1 aromatic rings. The maximum Gasteiger partial charge on any atom is 0.325 e. The Labute approximate surface area is 84.0 Å². The predicted octanol–water partition coefficient (Wildman–Crippen LogP) is -0.721. The minimum atomic E-state index is -0.945. The van der Waals surface area contributed by atoms with Crippen LogP contribution in [0.3, 0.4) is 0 Å². The summed E-state index contributed by atoms with van der Waals surface area (Å²) < 4.78 is 0. The molecule has 1 aromatic heterocycles. The van der Waals surface area contributed by atoms with E-state index in [0.717, 1.165) is 0 Å². The van der Waals surface area contributed by atoms with Gasteiger partial charge in [0.15, 0.2) is 0 Å². The van der Waals surface area contributed by atoms with E-state index in [2.05, 4.69) is 16.8 Å². The van der Waals surface area contributed by atoms with Crippen LogP contribution in [0.1, 0.15) is 18.4 Å². The Kier molecular flexibility index (Phi) is 3.46. The number of nitrogens with one attached hydrogen (secondary N) is 2. The standard InChI is InChI=1S/C9H8N2O4/c12-7(13)4-2-1-3-6-5-10-9(15)11-8(6)14/h5H,2,4H2,(H,12,13)(H2,10,11,14,15). The van der Waals surface area contributed by atoms with Crippen LogP contribution < -0.4 is 11.2 Å². The van der Waals surface area contributed by atoms with Gasteiger partial charge in [-0.3, -0.25) is 14.6 Å². The Bertz CT molecular complexity index is 529. The topological polar surface area (TPSA) is 103 Å². The van der Waals surface area contributed by atoms with E-state index in [4.69, 9.17) is 5.11 Å². The molecule has 1 rings (SSSR count). The predicted molar refractivity (Wildman–Crippen MR) is 51.4 cm³/mol. The van der Waals surface area contributed by atoms with Crippen LogP contribution in [0, 0.1) is 11.8 Å². The van der Waals surface area contributed by atoms with Gasteiger partial charge in [0.2, 0.25) is 0 Å². The molecule has 1 heterocycles. The van der Waals surface area contributed by atoms with Gasteiger partial charge in [-0.05, 0) is 0 Å². The van der Waals surface area contributed by atoms with E-state index in [-0.39, 0.29) is 18.4 Å². The number of rotatable bonds is 2. The highest BCUT2D eigenvalue weighted by Crippen LogP contribution is 1.86. The summed E-state index contributed by atoms with van der Waals surface area (Å²) in [4.78, 5) is 36.1. The van der Waals surface area contributed by atoms with Crippen LogP contribution in [-0.2, 0) is 4.79 Å². The van der Waals surface area contributed by atoms with Gasteiger partial charge in [-0.1, -0.05) is 11.8 Å². The van der Waals surface area contributed by atoms with Crippen LogP contribution >= 0.6 is 0 Å². The first-order valence-corrected chi connectivity index (χ1v) is 4.12. The fourth-order valence-electron chi connectivity index (χ4n) is 0.830. The molecule has 0 unspecified atom stereocenters. The van der Waals surface area contributed by atoms with E-state index in [1.165, 1.54) is 6.20 Å². The normalized spacial score (nSPS) is 9.07. The molecule has 0 aliphatic carbocycles. The highest BCUT2D eigenvalue weighted by atomic mass is 16.4. The van der Waals surface area contributed by atoms with Crippen molar-refractivity contribution in [2.45, 2.75) is 12.8 Å². The van der Waals surface area contributed by atoms with Crippen molar-refractivity contribution in [2.75, 3.05) is 0 Å². The number of H-pyrrole nitrogens is 2. The molecular weight excluding hydrogens is 200 g/mol. The molecule has 0 aliphatic heterocycles. The van der Waals surface area contributed by atoms with Crippen molar-refractivity contribution in [3.05, 3.63) is 32.6 Å². The van der Waals surface area contributed by atoms with E-state index >= 15 is 0 Å². The Morgan fingerprint density at radius 1 is 1.47 bits per heavy atom. The number of aliphatic carboxylic acids is 1. The first-order valence-electron chi connectivity index (χ1n) is 4.12. The molecule has 0 aromatic carbocycles. The number of carboxylic acid groups (broad SMARTS) is 1. The molecule has 0 radical (unpaired) electrons. The van der Waals surface area contributed by atoms with Gasteiger partial charge in [0.05, 0.1) is 6.42 Å². The summed E-state index contributed by atoms with van der Waals surface area (Å²) in [6.07, 6.45) is 1.27. The van der Waals surface area contributed by atoms with Crippen molar-refractivity contribution in [1.29, 1.82) is 0 Å². The first-order chi connectivity index (χ1) is 7.09. The highest BCUT2D eigenvalue weighted by Gasteiger charge is 1.95. The maximum atomic E-state index is 11.1. The summed E-state index contributed by atoms with van der Waals surface area (Å²) in [5, 5.41) is 8.32. The third-order valence-electron chi connectivity index (χ3n) is 1.51. The summed E-state index contributed by atoms with van der Waals surface area (Å²) in [6, 6.07) is 0. The Morgan fingerprint density at radius 2 is 2.20 bits per heavy atom. The number of hydrogen-bond acceptors (Lipinski definition) is 3. The largest absolute Gasteiger partial charge is 0.481 e. The van der Waals surface area contributed by atoms with Crippen molar-refractivity contribution < 1.29 is 9.90 Å². The summed E-state index contributed by atoms with van der Waals surface area (Å²) in [5.74, 6) is 4.04. The molecule has 0 aliphatic rings. The van der Waals surface area contributed by atoms with Crippen molar-refractivity contribution >= 4 is 5.97 Å². The van der Waals surface area contributed by atoms with E-state index in [1.54, 1.807) is 0 Å². The molecule has 0 fully saturated rings. The summed E-state index contributed by atoms with van der Waals surface area (Å²) in [7, 11) is 0. The third-order valence-corrected chi connectivity index (χ3v) is 1.51. The van der Waals surface area contributed by atoms with Crippen LogP contribution in [0.2, 0.25) is 0 Å². The Balaban J connectivity index is 2.76. The van der Waals surface area contributed by atoms with Gasteiger partial charge < -0.3 is 10.1 Å². The SMILES string of the molecule is O=C(O)CCC#Cc1c[nH]c(=O)[nH]c1=O. The monoisotopic (exact) mass is 208 g/mol. The van der Waals surface area contributed by atoms with Crippen LogP contribution in [0.4, 0.5) is 0 Å². The lowest BCUT2D eigenvalue weighted by atomic mass is 10.3. The van der Waals surface area contributed by atoms with E-state index < -0.39 is 17.2 Å². The van der Waals surface area contributed by atoms with E-state index in [9.17, 15) is 14.4 Å². The molecule has 78 valence electrons. The van der Waals surface area contributed by atoms with E-state index in [1.807, 2.05) is 4.98 Å². The number of aromatic amines is 2. The average molecular weight is 208 g/mol. The van der Waals surface area contributed by atoms with Crippen molar-refractivity contribution in [3.8, 4) is 11.8 Å². The number of carbonyl (C=O) groups is 1. The summed E-state index contributed by atoms with van der Waals surface area (Å²) in [6.45, 7) is 0. The van der Waals surface area contributed by atoms with Gasteiger partial charge in [-0.15, -0.1) is 0 Å². The van der Waals surface area contributed by atoms with Gasteiger partial charge >= 0.3 is 11.7 Å². The highest BCUT2D eigenvalue weighted by molar-refractivity contribution is 5.67. The van der Waals surface area contributed by atoms with Crippen LogP contribution in [0.5, 0.6) is 0 Å². The molecule has 15 heavy (non-hydrogen) atoms. The van der Waals surface area contributed by atoms with E-state index in [0.29, 0.717) is 0 Å². The molecule has 6 heteroatoms. The fourth-order valence-corrected chi connectivity index (χ4v) is 0.830. The quantitative estimate of drug-likeness (QED) is 0.558. The lowest BCUT2D eigenvalue weighted by Gasteiger charge is -1.87. The maximum absolute atomic E-state index is 11.1. The zero-order chi connectivity index (χ0) is 11.3. The van der Waals surface area contributed by atoms with Crippen molar-refractivity contribution in [1.82, 2.24) is 9.97 Å². The molecule has 0 saturated carbocycles.